The van der Waals surface area contributed by atoms with Crippen molar-refractivity contribution in [2.24, 2.45) is 5.92 Å². The molecule has 20 heavy (non-hydrogen) atoms. The predicted molar refractivity (Wildman–Crippen MR) is 79.7 cm³/mol. The van der Waals surface area contributed by atoms with Crippen LogP contribution in [0.2, 0.25) is 0 Å². The monoisotopic (exact) mass is 343 g/mol. The smallest absolute Gasteiger partial charge is 0.311 e. The molecular weight excluding hydrogens is 326 g/mol. The minimum atomic E-state index is -0.789. The van der Waals surface area contributed by atoms with Gasteiger partial charge in [0.15, 0.2) is 0 Å². The van der Waals surface area contributed by atoms with E-state index in [9.17, 15) is 15.2 Å². The lowest BCUT2D eigenvalue weighted by Gasteiger charge is -2.35. The van der Waals surface area contributed by atoms with Crippen LogP contribution in [0.5, 0.6) is 0 Å². The third kappa shape index (κ3) is 3.46. The van der Waals surface area contributed by atoms with Crippen LogP contribution in [0.1, 0.15) is 32.6 Å². The molecule has 0 aliphatic heterocycles. The third-order valence-corrected chi connectivity index (χ3v) is 4.48. The maximum absolute atomic E-state index is 11.0. The van der Waals surface area contributed by atoms with Crippen LogP contribution in [0.4, 0.5) is 11.4 Å². The molecule has 0 atom stereocenters. The number of aliphatic hydroxyl groups is 1. The predicted octanol–water partition coefficient (Wildman–Crippen LogP) is 3.11. The summed E-state index contributed by atoms with van der Waals surface area (Å²) in [4.78, 5) is 14.3. The van der Waals surface area contributed by atoms with Gasteiger partial charge in [0.05, 0.1) is 15.0 Å². The van der Waals surface area contributed by atoms with E-state index in [0.29, 0.717) is 22.6 Å². The van der Waals surface area contributed by atoms with Gasteiger partial charge in [-0.25, -0.2) is 0 Å². The zero-order chi connectivity index (χ0) is 14.8. The van der Waals surface area contributed by atoms with E-state index in [4.69, 9.17) is 0 Å². The number of pyridine rings is 1. The fraction of sp³-hybridized carbons (Fsp3) is 0.615. The summed E-state index contributed by atoms with van der Waals surface area (Å²) < 4.78 is 0.527. The molecule has 0 radical (unpaired) electrons. The maximum Gasteiger partial charge on any atom is 0.311 e. The molecule has 0 spiro atoms. The number of anilines is 1. The van der Waals surface area contributed by atoms with Crippen molar-refractivity contribution < 1.29 is 10.0 Å². The first-order valence-corrected chi connectivity index (χ1v) is 7.45. The minimum Gasteiger partial charge on any atom is -0.388 e. The first-order chi connectivity index (χ1) is 9.41. The lowest BCUT2D eigenvalue weighted by Crippen LogP contribution is -2.40. The Morgan fingerprint density at radius 1 is 1.55 bits per heavy atom. The number of nitrogens with one attached hydrogen (secondary N) is 1. The summed E-state index contributed by atoms with van der Waals surface area (Å²) >= 11 is 3.26. The lowest BCUT2D eigenvalue weighted by atomic mass is 9.79. The fourth-order valence-electron chi connectivity index (χ4n) is 2.47. The van der Waals surface area contributed by atoms with Gasteiger partial charge in [0.2, 0.25) is 0 Å². The summed E-state index contributed by atoms with van der Waals surface area (Å²) in [7, 11) is 0. The number of hydrogen-bond donors (Lipinski definition) is 2. The summed E-state index contributed by atoms with van der Waals surface area (Å²) in [5.41, 5.74) is -0.507. The van der Waals surface area contributed by atoms with E-state index >= 15 is 0 Å². The molecule has 1 saturated carbocycles. The van der Waals surface area contributed by atoms with Crippen LogP contribution in [-0.2, 0) is 0 Å². The number of rotatable bonds is 4. The Morgan fingerprint density at radius 2 is 2.20 bits per heavy atom. The lowest BCUT2D eigenvalue weighted by molar-refractivity contribution is -0.384. The van der Waals surface area contributed by atoms with Crippen molar-refractivity contribution in [2.45, 2.75) is 38.2 Å². The second-order valence-electron chi connectivity index (χ2n) is 5.53. The second-order valence-corrected chi connectivity index (χ2v) is 6.39. The fourth-order valence-corrected chi connectivity index (χ4v) is 2.93. The highest BCUT2D eigenvalue weighted by Gasteiger charge is 2.32. The van der Waals surface area contributed by atoms with E-state index in [2.05, 4.69) is 33.2 Å². The van der Waals surface area contributed by atoms with Crippen LogP contribution in [0.15, 0.2) is 16.9 Å². The molecular formula is C13H18BrN3O3. The number of aromatic nitrogens is 1. The number of nitro groups is 1. The Labute approximate surface area is 125 Å². The Morgan fingerprint density at radius 3 is 2.80 bits per heavy atom. The van der Waals surface area contributed by atoms with Crippen molar-refractivity contribution in [2.75, 3.05) is 11.9 Å². The minimum absolute atomic E-state index is 0.0906. The van der Waals surface area contributed by atoms with Gasteiger partial charge in [-0.2, -0.15) is 0 Å². The molecule has 1 heterocycles. The molecule has 0 bridgehead atoms. The normalized spacial score (nSPS) is 26.2. The number of hydrogen-bond acceptors (Lipinski definition) is 5. The Balaban J connectivity index is 2.09. The van der Waals surface area contributed by atoms with Crippen LogP contribution in [0.3, 0.4) is 0 Å². The van der Waals surface area contributed by atoms with Crippen molar-refractivity contribution in [1.82, 2.24) is 4.98 Å². The van der Waals surface area contributed by atoms with Gasteiger partial charge in [0.25, 0.3) is 0 Å². The molecule has 1 aliphatic rings. The number of nitrogens with zero attached hydrogens (tertiary/aromatic N) is 2. The average molecular weight is 344 g/mol. The van der Waals surface area contributed by atoms with Crippen LogP contribution in [-0.4, -0.2) is 27.2 Å². The van der Waals surface area contributed by atoms with Crippen LogP contribution in [0.25, 0.3) is 0 Å². The van der Waals surface area contributed by atoms with Crippen LogP contribution < -0.4 is 5.32 Å². The molecule has 1 fully saturated rings. The van der Waals surface area contributed by atoms with E-state index in [1.807, 2.05) is 0 Å². The van der Waals surface area contributed by atoms with Gasteiger partial charge in [0, 0.05) is 12.7 Å². The van der Waals surface area contributed by atoms with Crippen molar-refractivity contribution in [3.63, 3.8) is 0 Å². The van der Waals surface area contributed by atoms with Crippen LogP contribution in [0, 0.1) is 16.0 Å². The average Bonchev–Trinajstić information content (AvgIpc) is 2.41. The van der Waals surface area contributed by atoms with Crippen molar-refractivity contribution in [1.29, 1.82) is 0 Å². The second kappa shape index (κ2) is 6.05. The zero-order valence-electron chi connectivity index (χ0n) is 11.3. The molecule has 1 aliphatic carbocycles. The van der Waals surface area contributed by atoms with Gasteiger partial charge in [-0.15, -0.1) is 0 Å². The summed E-state index contributed by atoms with van der Waals surface area (Å²) in [5.74, 6) is 0.636. The Kier molecular flexibility index (Phi) is 4.59. The molecule has 7 heteroatoms. The van der Waals surface area contributed by atoms with Gasteiger partial charge in [0.1, 0.15) is 11.9 Å². The molecule has 2 N–H and O–H groups in total. The molecule has 2 rings (SSSR count). The van der Waals surface area contributed by atoms with Crippen LogP contribution >= 0.6 is 15.9 Å². The third-order valence-electron chi connectivity index (χ3n) is 3.88. The highest BCUT2D eigenvalue weighted by atomic mass is 79.9. The van der Waals surface area contributed by atoms with Gasteiger partial charge >= 0.3 is 5.69 Å². The highest BCUT2D eigenvalue weighted by molar-refractivity contribution is 9.10. The van der Waals surface area contributed by atoms with E-state index in [-0.39, 0.29) is 5.69 Å². The standard InChI is InChI=1S/C13H18BrN3O3/c1-9-2-4-13(18,5-3-9)8-16-12-10(14)6-15-7-11(12)17(19)20/h6-7,9,18H,2-5,8H2,1H3,(H,15,16). The molecule has 0 unspecified atom stereocenters. The maximum atomic E-state index is 11.0. The first kappa shape index (κ1) is 15.2. The van der Waals surface area contributed by atoms with Crippen molar-refractivity contribution in [3.8, 4) is 0 Å². The van der Waals surface area contributed by atoms with Gasteiger partial charge in [-0.3, -0.25) is 15.1 Å². The molecule has 0 aromatic carbocycles. The van der Waals surface area contributed by atoms with Gasteiger partial charge in [-0.05, 0) is 47.5 Å². The quantitative estimate of drug-likeness (QED) is 0.647. The summed E-state index contributed by atoms with van der Waals surface area (Å²) in [6.07, 6.45) is 6.12. The summed E-state index contributed by atoms with van der Waals surface area (Å²) in [6, 6.07) is 0. The van der Waals surface area contributed by atoms with E-state index in [0.717, 1.165) is 25.7 Å². The molecule has 110 valence electrons. The van der Waals surface area contributed by atoms with E-state index in [1.54, 1.807) is 0 Å². The van der Waals surface area contributed by atoms with E-state index in [1.165, 1.54) is 12.4 Å². The SMILES string of the molecule is CC1CCC(O)(CNc2c(Br)cncc2[N+](=O)[O-])CC1. The molecule has 1 aromatic rings. The Bertz CT molecular complexity index is 502. The zero-order valence-corrected chi connectivity index (χ0v) is 12.9. The van der Waals surface area contributed by atoms with Crippen molar-refractivity contribution in [3.05, 3.63) is 27.0 Å². The molecule has 1 aromatic heterocycles. The first-order valence-electron chi connectivity index (χ1n) is 6.65. The van der Waals surface area contributed by atoms with Crippen molar-refractivity contribution >= 4 is 27.3 Å². The van der Waals surface area contributed by atoms with E-state index < -0.39 is 10.5 Å². The van der Waals surface area contributed by atoms with Gasteiger partial charge in [-0.1, -0.05) is 6.92 Å². The topological polar surface area (TPSA) is 88.3 Å². The van der Waals surface area contributed by atoms with Gasteiger partial charge < -0.3 is 10.4 Å². The summed E-state index contributed by atoms with van der Waals surface area (Å²) in [5, 5.41) is 24.5. The molecule has 0 saturated heterocycles. The largest absolute Gasteiger partial charge is 0.388 e. The molecule has 0 amide bonds. The molecule has 6 nitrogen and oxygen atoms in total. The number of halogens is 1. The summed E-state index contributed by atoms with van der Waals surface area (Å²) in [6.45, 7) is 2.49. The Hall–Kier alpha value is -1.21. The highest BCUT2D eigenvalue weighted by Crippen LogP contribution is 2.35.